The summed E-state index contributed by atoms with van der Waals surface area (Å²) in [5, 5.41) is 22.4. The van der Waals surface area contributed by atoms with Crippen LogP contribution in [0.3, 0.4) is 0 Å². The average molecular weight is 556 g/mol. The third-order valence-electron chi connectivity index (χ3n) is 6.36. The zero-order chi connectivity index (χ0) is 24.7. The number of pyridine rings is 1. The van der Waals surface area contributed by atoms with Crippen molar-refractivity contribution in [2.45, 2.75) is 128 Å². The summed E-state index contributed by atoms with van der Waals surface area (Å²) in [5.74, 6) is -0.0953. The molecule has 202 valence electrons. The minimum Gasteiger partial charge on any atom is -1.00 e. The maximum Gasteiger partial charge on any atom is 0.220 e. The summed E-state index contributed by atoms with van der Waals surface area (Å²) < 4.78 is 2.26. The first kappa shape index (κ1) is 33.8. The van der Waals surface area contributed by atoms with Crippen LogP contribution in [-0.4, -0.2) is 34.9 Å². The summed E-state index contributed by atoms with van der Waals surface area (Å²) in [6.45, 7) is 2.98. The van der Waals surface area contributed by atoms with Crippen molar-refractivity contribution in [3.05, 3.63) is 42.7 Å². The van der Waals surface area contributed by atoms with Crippen LogP contribution in [0.25, 0.3) is 0 Å². The van der Waals surface area contributed by atoms with Crippen molar-refractivity contribution in [3.63, 3.8) is 0 Å². The second-order valence-corrected chi connectivity index (χ2v) is 9.52. The Morgan fingerprint density at radius 2 is 1.43 bits per heavy atom. The Balaban J connectivity index is 0.0000116. The van der Waals surface area contributed by atoms with Gasteiger partial charge in [0.05, 0.1) is 18.8 Å². The highest BCUT2D eigenvalue weighted by Gasteiger charge is 2.17. The van der Waals surface area contributed by atoms with E-state index in [9.17, 15) is 15.0 Å². The molecule has 0 saturated carbocycles. The van der Waals surface area contributed by atoms with E-state index in [1.54, 1.807) is 6.08 Å². The van der Waals surface area contributed by atoms with E-state index in [2.05, 4.69) is 47.4 Å². The van der Waals surface area contributed by atoms with Gasteiger partial charge in [-0.15, -0.1) is 0 Å². The van der Waals surface area contributed by atoms with Crippen LogP contribution in [0.15, 0.2) is 42.7 Å². The number of carbonyl (C=O) groups is 1. The van der Waals surface area contributed by atoms with Crippen LogP contribution in [0.5, 0.6) is 0 Å². The number of nitrogens with zero attached hydrogens (tertiary/aromatic N) is 1. The van der Waals surface area contributed by atoms with Crippen LogP contribution in [0.1, 0.15) is 110 Å². The number of carbonyl (C=O) groups excluding carboxylic acids is 1. The molecule has 0 aromatic carbocycles. The number of nitrogens with one attached hydrogen (secondary N) is 1. The molecule has 0 saturated heterocycles. The van der Waals surface area contributed by atoms with E-state index < -0.39 is 12.1 Å². The zero-order valence-corrected chi connectivity index (χ0v) is 23.6. The fraction of sp³-hybridized carbons (Fsp3) is 0.724. The Kier molecular flexibility index (Phi) is 23.6. The second-order valence-electron chi connectivity index (χ2n) is 9.52. The highest BCUT2D eigenvalue weighted by Crippen LogP contribution is 2.12. The molecule has 0 aliphatic carbocycles. The van der Waals surface area contributed by atoms with Gasteiger partial charge in [-0.3, -0.25) is 4.79 Å². The van der Waals surface area contributed by atoms with Gasteiger partial charge < -0.3 is 32.5 Å². The standard InChI is InChI=1S/C29H50N2O3.BrH/c1-2-3-16-22-29(34)30-27(26-32)28(33)21-17-13-11-9-7-5-4-6-8-10-12-14-18-23-31-24-19-15-20-25-31;/h15,17,19-21,24-25,27-28,32-33H,2-14,16,18,22-23,26H2,1H3;1H/b21-17+;/t27-,28-;/m0./s1. The average Bonchev–Trinajstić information content (AvgIpc) is 2.85. The molecule has 5 nitrogen and oxygen atoms in total. The van der Waals surface area contributed by atoms with Crippen molar-refractivity contribution < 1.29 is 36.6 Å². The van der Waals surface area contributed by atoms with Crippen molar-refractivity contribution in [1.29, 1.82) is 0 Å². The molecule has 1 rings (SSSR count). The smallest absolute Gasteiger partial charge is 0.220 e. The lowest BCUT2D eigenvalue weighted by atomic mass is 10.0. The van der Waals surface area contributed by atoms with Gasteiger partial charge in [0, 0.05) is 25.0 Å². The molecule has 1 amide bonds. The predicted molar refractivity (Wildman–Crippen MR) is 140 cm³/mol. The normalized spacial score (nSPS) is 12.9. The minimum atomic E-state index is -0.836. The summed E-state index contributed by atoms with van der Waals surface area (Å²) in [4.78, 5) is 11.9. The van der Waals surface area contributed by atoms with E-state index in [1.807, 2.05) is 6.08 Å². The van der Waals surface area contributed by atoms with E-state index in [1.165, 1.54) is 64.2 Å². The Labute approximate surface area is 225 Å². The fourth-order valence-electron chi connectivity index (χ4n) is 4.15. The summed E-state index contributed by atoms with van der Waals surface area (Å²) in [5.41, 5.74) is 0. The van der Waals surface area contributed by atoms with Gasteiger partial charge in [0.2, 0.25) is 5.91 Å². The number of unbranched alkanes of at least 4 members (excludes halogenated alkanes) is 13. The van der Waals surface area contributed by atoms with Crippen LogP contribution in [0, 0.1) is 0 Å². The van der Waals surface area contributed by atoms with Crippen molar-refractivity contribution in [3.8, 4) is 0 Å². The molecule has 1 aromatic heterocycles. The predicted octanol–water partition coefficient (Wildman–Crippen LogP) is 2.63. The molecule has 3 N–H and O–H groups in total. The molecule has 0 spiro atoms. The van der Waals surface area contributed by atoms with Gasteiger partial charge in [-0.1, -0.05) is 89.4 Å². The number of aryl methyl sites for hydroxylation is 1. The second kappa shape index (κ2) is 24.5. The number of rotatable bonds is 22. The first-order valence-electron chi connectivity index (χ1n) is 13.9. The molecule has 0 radical (unpaired) electrons. The monoisotopic (exact) mass is 554 g/mol. The molecule has 0 fully saturated rings. The van der Waals surface area contributed by atoms with Gasteiger partial charge in [0.15, 0.2) is 12.4 Å². The maximum absolute atomic E-state index is 11.9. The lowest BCUT2D eigenvalue weighted by Gasteiger charge is -2.19. The summed E-state index contributed by atoms with van der Waals surface area (Å²) in [6, 6.07) is 5.63. The Morgan fingerprint density at radius 3 is 2.00 bits per heavy atom. The Bertz CT molecular complexity index is 628. The molecular formula is C29H51BrN2O3. The fourth-order valence-corrected chi connectivity index (χ4v) is 4.15. The Morgan fingerprint density at radius 1 is 0.857 bits per heavy atom. The highest BCUT2D eigenvalue weighted by molar-refractivity contribution is 5.76. The molecule has 0 unspecified atom stereocenters. The van der Waals surface area contributed by atoms with Crippen molar-refractivity contribution in [2.24, 2.45) is 0 Å². The van der Waals surface area contributed by atoms with E-state index in [-0.39, 0.29) is 29.5 Å². The van der Waals surface area contributed by atoms with Gasteiger partial charge in [-0.2, -0.15) is 0 Å². The van der Waals surface area contributed by atoms with E-state index in [0.717, 1.165) is 38.6 Å². The number of aliphatic hydroxyl groups excluding tert-OH is 2. The lowest BCUT2D eigenvalue weighted by Crippen LogP contribution is -3.00. The maximum atomic E-state index is 11.9. The first-order valence-corrected chi connectivity index (χ1v) is 13.9. The van der Waals surface area contributed by atoms with E-state index >= 15 is 0 Å². The summed E-state index contributed by atoms with van der Waals surface area (Å²) in [7, 11) is 0. The number of hydrogen-bond donors (Lipinski definition) is 3. The van der Waals surface area contributed by atoms with Crippen molar-refractivity contribution in [1.82, 2.24) is 5.32 Å². The molecule has 1 aromatic rings. The number of halogens is 1. The molecule has 0 aliphatic heterocycles. The molecule has 6 heteroatoms. The van der Waals surface area contributed by atoms with Crippen LogP contribution in [0.4, 0.5) is 0 Å². The van der Waals surface area contributed by atoms with E-state index in [4.69, 9.17) is 0 Å². The topological polar surface area (TPSA) is 73.4 Å². The van der Waals surface area contributed by atoms with Crippen LogP contribution < -0.4 is 26.9 Å². The molecule has 0 aliphatic rings. The van der Waals surface area contributed by atoms with Crippen molar-refractivity contribution in [2.75, 3.05) is 6.61 Å². The third-order valence-corrected chi connectivity index (χ3v) is 6.36. The van der Waals surface area contributed by atoms with Crippen molar-refractivity contribution >= 4 is 5.91 Å². The molecule has 0 bridgehead atoms. The van der Waals surface area contributed by atoms with Gasteiger partial charge in [-0.25, -0.2) is 4.57 Å². The number of allylic oxidation sites excluding steroid dienone is 1. The van der Waals surface area contributed by atoms with Gasteiger partial charge in [0.25, 0.3) is 0 Å². The van der Waals surface area contributed by atoms with Crippen LogP contribution >= 0.6 is 0 Å². The number of aromatic nitrogens is 1. The summed E-state index contributed by atoms with van der Waals surface area (Å²) >= 11 is 0. The number of amides is 1. The molecule has 2 atom stereocenters. The zero-order valence-electron chi connectivity index (χ0n) is 22.1. The molecule has 35 heavy (non-hydrogen) atoms. The van der Waals surface area contributed by atoms with E-state index in [0.29, 0.717) is 6.42 Å². The SMILES string of the molecule is CCCCCC(=O)N[C@@H](CO)[C@@H](O)/C=C/CCCCCCCCCCCCC[n+]1ccccc1.[Br-]. The first-order chi connectivity index (χ1) is 16.7. The largest absolute Gasteiger partial charge is 1.00 e. The lowest BCUT2D eigenvalue weighted by molar-refractivity contribution is -0.697. The summed E-state index contributed by atoms with van der Waals surface area (Å²) in [6.07, 6.45) is 25.8. The van der Waals surface area contributed by atoms with Gasteiger partial charge in [0.1, 0.15) is 6.54 Å². The minimum absolute atomic E-state index is 0. The quantitative estimate of drug-likeness (QED) is 0.117. The number of aliphatic hydroxyl groups is 2. The van der Waals surface area contributed by atoms with Gasteiger partial charge in [-0.05, 0) is 25.7 Å². The highest BCUT2D eigenvalue weighted by atomic mass is 79.9. The molecular weight excluding hydrogens is 504 g/mol. The number of hydrogen-bond acceptors (Lipinski definition) is 3. The van der Waals surface area contributed by atoms with Crippen LogP contribution in [-0.2, 0) is 11.3 Å². The third kappa shape index (κ3) is 19.6. The Hall–Kier alpha value is -1.24. The van der Waals surface area contributed by atoms with Gasteiger partial charge >= 0.3 is 0 Å². The molecule has 1 heterocycles. The van der Waals surface area contributed by atoms with Crippen LogP contribution in [0.2, 0.25) is 0 Å².